The van der Waals surface area contributed by atoms with E-state index in [9.17, 15) is 9.59 Å². The Morgan fingerprint density at radius 3 is 2.39 bits per heavy atom. The Morgan fingerprint density at radius 1 is 0.909 bits per heavy atom. The lowest BCUT2D eigenvalue weighted by Gasteiger charge is -2.34. The highest BCUT2D eigenvalue weighted by Gasteiger charge is 2.29. The number of piperazine rings is 1. The van der Waals surface area contributed by atoms with Gasteiger partial charge in [0.25, 0.3) is 11.8 Å². The van der Waals surface area contributed by atoms with Gasteiger partial charge < -0.3 is 14.5 Å². The fraction of sp³-hybridized carbons (Fsp3) is 0.417. The second kappa shape index (κ2) is 8.73. The summed E-state index contributed by atoms with van der Waals surface area (Å²) in [6.45, 7) is 2.84. The lowest BCUT2D eigenvalue weighted by molar-refractivity contribution is 0.0526. The van der Waals surface area contributed by atoms with Gasteiger partial charge in [0.15, 0.2) is 5.69 Å². The van der Waals surface area contributed by atoms with Gasteiger partial charge in [-0.2, -0.15) is 10.2 Å². The van der Waals surface area contributed by atoms with Crippen LogP contribution >= 0.6 is 0 Å². The molecule has 0 N–H and O–H groups in total. The Labute approximate surface area is 192 Å². The van der Waals surface area contributed by atoms with E-state index in [1.54, 1.807) is 28.6 Å². The number of methoxy groups -OCH3 is 1. The Morgan fingerprint density at radius 2 is 1.67 bits per heavy atom. The summed E-state index contributed by atoms with van der Waals surface area (Å²) in [5.41, 5.74) is 3.79. The van der Waals surface area contributed by atoms with Crippen molar-refractivity contribution in [1.29, 1.82) is 0 Å². The van der Waals surface area contributed by atoms with E-state index in [-0.39, 0.29) is 11.8 Å². The molecule has 33 heavy (non-hydrogen) atoms. The minimum Gasteiger partial charge on any atom is -0.497 e. The topological polar surface area (TPSA) is 85.5 Å². The molecule has 1 aromatic carbocycles. The number of nitrogens with zero attached hydrogens (tertiary/aromatic N) is 6. The number of hydrogen-bond acceptors (Lipinski definition) is 5. The van der Waals surface area contributed by atoms with E-state index < -0.39 is 0 Å². The molecule has 0 radical (unpaired) electrons. The highest BCUT2D eigenvalue weighted by Crippen LogP contribution is 2.24. The summed E-state index contributed by atoms with van der Waals surface area (Å²) in [5.74, 6) is 0.610. The molecule has 5 rings (SSSR count). The molecule has 1 saturated heterocycles. The molecule has 0 saturated carbocycles. The van der Waals surface area contributed by atoms with Gasteiger partial charge in [-0.15, -0.1) is 0 Å². The number of rotatable bonds is 4. The van der Waals surface area contributed by atoms with E-state index in [4.69, 9.17) is 4.74 Å². The molecule has 0 spiro atoms. The SMILES string of the molecule is COc1cccc(-c2cc(C(=O)N3CCN(C(=O)c4cc5n(n4)CCCC5)CC3)n(C)n2)c1. The lowest BCUT2D eigenvalue weighted by atomic mass is 10.1. The summed E-state index contributed by atoms with van der Waals surface area (Å²) in [7, 11) is 3.40. The molecule has 0 aliphatic carbocycles. The summed E-state index contributed by atoms with van der Waals surface area (Å²) in [4.78, 5) is 29.7. The molecule has 1 fully saturated rings. The van der Waals surface area contributed by atoms with E-state index in [0.717, 1.165) is 48.5 Å². The van der Waals surface area contributed by atoms with Crippen molar-refractivity contribution in [3.05, 3.63) is 53.5 Å². The highest BCUT2D eigenvalue weighted by molar-refractivity contribution is 5.95. The van der Waals surface area contributed by atoms with Crippen molar-refractivity contribution < 1.29 is 14.3 Å². The van der Waals surface area contributed by atoms with Crippen molar-refractivity contribution in [2.24, 2.45) is 7.05 Å². The van der Waals surface area contributed by atoms with Gasteiger partial charge in [-0.25, -0.2) is 0 Å². The molecule has 4 heterocycles. The van der Waals surface area contributed by atoms with Crippen LogP contribution in [-0.4, -0.2) is 74.5 Å². The predicted octanol–water partition coefficient (Wildman–Crippen LogP) is 2.23. The van der Waals surface area contributed by atoms with Crippen LogP contribution in [0.1, 0.15) is 39.5 Å². The minimum absolute atomic E-state index is 0.0511. The predicted molar refractivity (Wildman–Crippen MR) is 122 cm³/mol. The number of ether oxygens (including phenoxy) is 1. The molecule has 2 aromatic heterocycles. The Bertz CT molecular complexity index is 1170. The van der Waals surface area contributed by atoms with Gasteiger partial charge in [0.05, 0.1) is 12.8 Å². The first kappa shape index (κ1) is 21.2. The number of fused-ring (bicyclic) bond motifs is 1. The number of aromatic nitrogens is 4. The Hall–Kier alpha value is -3.62. The normalized spacial score (nSPS) is 15.9. The first-order valence-electron chi connectivity index (χ1n) is 11.4. The molecule has 0 atom stereocenters. The van der Waals surface area contributed by atoms with Crippen LogP contribution in [-0.2, 0) is 20.0 Å². The summed E-state index contributed by atoms with van der Waals surface area (Å²) in [5, 5.41) is 9.03. The van der Waals surface area contributed by atoms with E-state index >= 15 is 0 Å². The molecule has 0 bridgehead atoms. The Kier molecular flexibility index (Phi) is 5.62. The van der Waals surface area contributed by atoms with Gasteiger partial charge in [-0.3, -0.25) is 19.0 Å². The fourth-order valence-electron chi connectivity index (χ4n) is 4.55. The van der Waals surface area contributed by atoms with Crippen molar-refractivity contribution in [2.45, 2.75) is 25.8 Å². The van der Waals surface area contributed by atoms with E-state index in [0.29, 0.717) is 37.6 Å². The maximum absolute atomic E-state index is 13.2. The standard InChI is InChI=1S/C24H28N6O3/c1-27-22(16-20(25-27)17-6-5-8-19(14-17)33-2)24(32)29-12-10-28(11-13-29)23(31)21-15-18-7-3-4-9-30(18)26-21/h5-6,8,14-16H,3-4,7,9-13H2,1-2H3. The van der Waals surface area contributed by atoms with Gasteiger partial charge in [0.1, 0.15) is 11.4 Å². The molecule has 2 aliphatic heterocycles. The van der Waals surface area contributed by atoms with Gasteiger partial charge in [-0.1, -0.05) is 12.1 Å². The zero-order chi connectivity index (χ0) is 22.9. The molecule has 9 heteroatoms. The van der Waals surface area contributed by atoms with E-state index in [1.807, 2.05) is 41.1 Å². The molecule has 3 aromatic rings. The third-order valence-corrected chi connectivity index (χ3v) is 6.45. The van der Waals surface area contributed by atoms with Crippen LogP contribution in [0.5, 0.6) is 5.75 Å². The monoisotopic (exact) mass is 448 g/mol. The number of hydrogen-bond donors (Lipinski definition) is 0. The number of carbonyl (C=O) groups is 2. The zero-order valence-corrected chi connectivity index (χ0v) is 19.0. The van der Waals surface area contributed by atoms with Crippen molar-refractivity contribution in [1.82, 2.24) is 29.4 Å². The molecule has 2 amide bonds. The van der Waals surface area contributed by atoms with Gasteiger partial charge in [-0.05, 0) is 43.5 Å². The second-order valence-electron chi connectivity index (χ2n) is 8.56. The van der Waals surface area contributed by atoms with Crippen LogP contribution in [0.25, 0.3) is 11.3 Å². The number of aryl methyl sites for hydroxylation is 3. The number of amides is 2. The van der Waals surface area contributed by atoms with Gasteiger partial charge in [0, 0.05) is 51.0 Å². The smallest absolute Gasteiger partial charge is 0.274 e. The first-order chi connectivity index (χ1) is 16.0. The average Bonchev–Trinajstić information content (AvgIpc) is 3.47. The van der Waals surface area contributed by atoms with E-state index in [2.05, 4.69) is 10.2 Å². The van der Waals surface area contributed by atoms with Crippen molar-refractivity contribution in [3.63, 3.8) is 0 Å². The fourth-order valence-corrected chi connectivity index (χ4v) is 4.55. The molecule has 0 unspecified atom stereocenters. The molecule has 9 nitrogen and oxygen atoms in total. The average molecular weight is 449 g/mol. The largest absolute Gasteiger partial charge is 0.497 e. The minimum atomic E-state index is -0.0799. The molecule has 2 aliphatic rings. The third kappa shape index (κ3) is 4.10. The van der Waals surface area contributed by atoms with Crippen molar-refractivity contribution in [2.75, 3.05) is 33.3 Å². The van der Waals surface area contributed by atoms with Crippen molar-refractivity contribution in [3.8, 4) is 17.0 Å². The maximum atomic E-state index is 13.2. The van der Waals surface area contributed by atoms with Gasteiger partial charge in [0.2, 0.25) is 0 Å². The Balaban J connectivity index is 1.25. The summed E-state index contributed by atoms with van der Waals surface area (Å²) in [6, 6.07) is 11.3. The van der Waals surface area contributed by atoms with Crippen LogP contribution in [0.2, 0.25) is 0 Å². The highest BCUT2D eigenvalue weighted by atomic mass is 16.5. The third-order valence-electron chi connectivity index (χ3n) is 6.45. The van der Waals surface area contributed by atoms with Crippen LogP contribution in [0.3, 0.4) is 0 Å². The van der Waals surface area contributed by atoms with Crippen molar-refractivity contribution >= 4 is 11.8 Å². The molecular weight excluding hydrogens is 420 g/mol. The number of benzene rings is 1. The van der Waals surface area contributed by atoms with E-state index in [1.165, 1.54) is 0 Å². The maximum Gasteiger partial charge on any atom is 0.274 e. The molecular formula is C24H28N6O3. The van der Waals surface area contributed by atoms with Crippen LogP contribution in [0, 0.1) is 0 Å². The quantitative estimate of drug-likeness (QED) is 0.611. The first-order valence-corrected chi connectivity index (χ1v) is 11.4. The van der Waals surface area contributed by atoms with Crippen LogP contribution < -0.4 is 4.74 Å². The number of carbonyl (C=O) groups excluding carboxylic acids is 2. The van der Waals surface area contributed by atoms with Crippen LogP contribution in [0.15, 0.2) is 36.4 Å². The molecule has 172 valence electrons. The summed E-state index contributed by atoms with van der Waals surface area (Å²) < 4.78 is 8.87. The van der Waals surface area contributed by atoms with Crippen LogP contribution in [0.4, 0.5) is 0 Å². The second-order valence-corrected chi connectivity index (χ2v) is 8.56. The lowest BCUT2D eigenvalue weighted by Crippen LogP contribution is -2.51. The zero-order valence-electron chi connectivity index (χ0n) is 19.0. The summed E-state index contributed by atoms with van der Waals surface area (Å²) in [6.07, 6.45) is 3.23. The summed E-state index contributed by atoms with van der Waals surface area (Å²) >= 11 is 0. The van der Waals surface area contributed by atoms with Gasteiger partial charge >= 0.3 is 0 Å².